The van der Waals surface area contributed by atoms with Crippen molar-refractivity contribution in [1.82, 2.24) is 15.5 Å². The van der Waals surface area contributed by atoms with Gasteiger partial charge in [-0.05, 0) is 58.0 Å². The molecule has 3 atom stereocenters. The maximum Gasteiger partial charge on any atom is 0.237 e. The van der Waals surface area contributed by atoms with Gasteiger partial charge in [-0.15, -0.1) is 0 Å². The summed E-state index contributed by atoms with van der Waals surface area (Å²) < 4.78 is 0. The van der Waals surface area contributed by atoms with Crippen molar-refractivity contribution in [2.75, 3.05) is 19.6 Å². The van der Waals surface area contributed by atoms with Gasteiger partial charge >= 0.3 is 0 Å². The fourth-order valence-corrected chi connectivity index (χ4v) is 3.91. The van der Waals surface area contributed by atoms with Crippen LogP contribution in [-0.4, -0.2) is 48.6 Å². The number of nitrogens with zero attached hydrogens (tertiary/aromatic N) is 1. The highest BCUT2D eigenvalue weighted by Crippen LogP contribution is 2.28. The zero-order valence-corrected chi connectivity index (χ0v) is 11.2. The molecule has 3 fully saturated rings. The van der Waals surface area contributed by atoms with Gasteiger partial charge in [0.05, 0.1) is 6.04 Å². The maximum absolute atomic E-state index is 12.2. The molecular formula is C14H25N3O. The largest absolute Gasteiger partial charge is 0.355 e. The summed E-state index contributed by atoms with van der Waals surface area (Å²) in [6.45, 7) is 3.14. The molecule has 1 amide bonds. The Kier molecular flexibility index (Phi) is 3.85. The lowest BCUT2D eigenvalue weighted by Gasteiger charge is -2.34. The van der Waals surface area contributed by atoms with Crippen molar-refractivity contribution >= 4 is 5.91 Å². The van der Waals surface area contributed by atoms with Gasteiger partial charge in [-0.2, -0.15) is 0 Å². The van der Waals surface area contributed by atoms with E-state index in [1.165, 1.54) is 32.1 Å². The summed E-state index contributed by atoms with van der Waals surface area (Å²) in [5, 5.41) is 6.71. The van der Waals surface area contributed by atoms with Gasteiger partial charge < -0.3 is 10.6 Å². The SMILES string of the molecule is O=C1NCCCCC1N1CCCC1C1CCCN1. The minimum absolute atomic E-state index is 0.141. The summed E-state index contributed by atoms with van der Waals surface area (Å²) in [6.07, 6.45) is 8.48. The smallest absolute Gasteiger partial charge is 0.237 e. The van der Waals surface area contributed by atoms with Crippen LogP contribution in [0.5, 0.6) is 0 Å². The predicted molar refractivity (Wildman–Crippen MR) is 71.4 cm³/mol. The van der Waals surface area contributed by atoms with Crippen LogP contribution in [0.25, 0.3) is 0 Å². The van der Waals surface area contributed by atoms with E-state index in [1.807, 2.05) is 0 Å². The zero-order valence-electron chi connectivity index (χ0n) is 11.2. The summed E-state index contributed by atoms with van der Waals surface area (Å²) >= 11 is 0. The molecule has 0 saturated carbocycles. The average Bonchev–Trinajstić information content (AvgIpc) is 3.00. The van der Waals surface area contributed by atoms with E-state index < -0.39 is 0 Å². The third-order valence-corrected chi connectivity index (χ3v) is 4.81. The molecule has 0 aliphatic carbocycles. The zero-order chi connectivity index (χ0) is 12.4. The lowest BCUT2D eigenvalue weighted by Crippen LogP contribution is -2.53. The first-order valence-corrected chi connectivity index (χ1v) is 7.63. The standard InChI is InChI=1S/C14H25N3O/c18-14-13(6-1-2-8-16-14)17-10-4-7-12(17)11-5-3-9-15-11/h11-13,15H,1-10H2,(H,16,18). The van der Waals surface area contributed by atoms with Crippen molar-refractivity contribution in [2.45, 2.75) is 63.1 Å². The van der Waals surface area contributed by atoms with Crippen molar-refractivity contribution in [1.29, 1.82) is 0 Å². The van der Waals surface area contributed by atoms with Crippen molar-refractivity contribution in [3.63, 3.8) is 0 Å². The van der Waals surface area contributed by atoms with E-state index in [4.69, 9.17) is 0 Å². The molecule has 4 heteroatoms. The van der Waals surface area contributed by atoms with Crippen molar-refractivity contribution in [2.24, 2.45) is 0 Å². The van der Waals surface area contributed by atoms with E-state index in [9.17, 15) is 4.79 Å². The first kappa shape index (κ1) is 12.4. The third kappa shape index (κ3) is 2.41. The Balaban J connectivity index is 1.70. The second-order valence-corrected chi connectivity index (χ2v) is 5.95. The Morgan fingerprint density at radius 3 is 2.78 bits per heavy atom. The summed E-state index contributed by atoms with van der Waals surface area (Å²) in [7, 11) is 0. The van der Waals surface area contributed by atoms with Gasteiger partial charge in [0.1, 0.15) is 0 Å². The highest BCUT2D eigenvalue weighted by Gasteiger charge is 2.39. The molecule has 3 saturated heterocycles. The van der Waals surface area contributed by atoms with Crippen LogP contribution in [0.2, 0.25) is 0 Å². The molecule has 3 heterocycles. The van der Waals surface area contributed by atoms with E-state index in [1.54, 1.807) is 0 Å². The van der Waals surface area contributed by atoms with E-state index in [0.717, 1.165) is 32.5 Å². The quantitative estimate of drug-likeness (QED) is 0.765. The van der Waals surface area contributed by atoms with Crippen LogP contribution in [0, 0.1) is 0 Å². The molecular weight excluding hydrogens is 226 g/mol. The molecule has 4 nitrogen and oxygen atoms in total. The average molecular weight is 251 g/mol. The highest BCUT2D eigenvalue weighted by molar-refractivity contribution is 5.82. The molecule has 0 spiro atoms. The van der Waals surface area contributed by atoms with Gasteiger partial charge in [-0.3, -0.25) is 9.69 Å². The summed E-state index contributed by atoms with van der Waals surface area (Å²) in [4.78, 5) is 14.7. The molecule has 0 aromatic carbocycles. The highest BCUT2D eigenvalue weighted by atomic mass is 16.2. The van der Waals surface area contributed by atoms with Crippen LogP contribution in [0.1, 0.15) is 44.9 Å². The molecule has 0 bridgehead atoms. The Hall–Kier alpha value is -0.610. The monoisotopic (exact) mass is 251 g/mol. The van der Waals surface area contributed by atoms with Gasteiger partial charge in [-0.1, -0.05) is 0 Å². The molecule has 0 radical (unpaired) electrons. The number of hydrogen-bond donors (Lipinski definition) is 2. The van der Waals surface area contributed by atoms with Gasteiger partial charge in [-0.25, -0.2) is 0 Å². The molecule has 3 aliphatic heterocycles. The van der Waals surface area contributed by atoms with Crippen molar-refractivity contribution in [3.8, 4) is 0 Å². The molecule has 2 N–H and O–H groups in total. The number of amides is 1. The van der Waals surface area contributed by atoms with Crippen LogP contribution < -0.4 is 10.6 Å². The van der Waals surface area contributed by atoms with Gasteiger partial charge in [0.25, 0.3) is 0 Å². The minimum Gasteiger partial charge on any atom is -0.355 e. The predicted octanol–water partition coefficient (Wildman–Crippen LogP) is 0.871. The first-order chi connectivity index (χ1) is 8.86. The number of likely N-dealkylation sites (tertiary alicyclic amines) is 1. The van der Waals surface area contributed by atoms with Gasteiger partial charge in [0, 0.05) is 18.6 Å². The molecule has 0 aromatic heterocycles. The summed E-state index contributed by atoms with van der Waals surface area (Å²) in [5.74, 6) is 0.275. The summed E-state index contributed by atoms with van der Waals surface area (Å²) in [5.41, 5.74) is 0. The Morgan fingerprint density at radius 2 is 1.94 bits per heavy atom. The van der Waals surface area contributed by atoms with Crippen LogP contribution in [0.15, 0.2) is 0 Å². The molecule has 102 valence electrons. The normalized spacial score (nSPS) is 38.7. The number of rotatable bonds is 2. The second kappa shape index (κ2) is 5.57. The van der Waals surface area contributed by atoms with Gasteiger partial charge in [0.2, 0.25) is 5.91 Å². The third-order valence-electron chi connectivity index (χ3n) is 4.81. The topological polar surface area (TPSA) is 44.4 Å². The van der Waals surface area contributed by atoms with Crippen LogP contribution in [0.3, 0.4) is 0 Å². The van der Waals surface area contributed by atoms with E-state index in [0.29, 0.717) is 12.1 Å². The lowest BCUT2D eigenvalue weighted by atomic mass is 10.0. The molecule has 0 aromatic rings. The molecule has 3 aliphatic rings. The van der Waals surface area contributed by atoms with Gasteiger partial charge in [0.15, 0.2) is 0 Å². The first-order valence-electron chi connectivity index (χ1n) is 7.63. The minimum atomic E-state index is 0.141. The van der Waals surface area contributed by atoms with Crippen molar-refractivity contribution < 1.29 is 4.79 Å². The van der Waals surface area contributed by atoms with E-state index in [2.05, 4.69) is 15.5 Å². The summed E-state index contributed by atoms with van der Waals surface area (Å²) in [6, 6.07) is 1.37. The fourth-order valence-electron chi connectivity index (χ4n) is 3.91. The Bertz CT molecular complexity index is 301. The number of hydrogen-bond acceptors (Lipinski definition) is 3. The Labute approximate surface area is 109 Å². The molecule has 3 unspecified atom stereocenters. The Morgan fingerprint density at radius 1 is 1.00 bits per heavy atom. The number of carbonyl (C=O) groups is 1. The van der Waals surface area contributed by atoms with Crippen LogP contribution in [0.4, 0.5) is 0 Å². The van der Waals surface area contributed by atoms with Crippen LogP contribution >= 0.6 is 0 Å². The molecule has 18 heavy (non-hydrogen) atoms. The lowest BCUT2D eigenvalue weighted by molar-refractivity contribution is -0.126. The number of nitrogens with one attached hydrogen (secondary N) is 2. The fraction of sp³-hybridized carbons (Fsp3) is 0.929. The van der Waals surface area contributed by atoms with Crippen LogP contribution in [-0.2, 0) is 4.79 Å². The van der Waals surface area contributed by atoms with Crippen molar-refractivity contribution in [3.05, 3.63) is 0 Å². The molecule has 3 rings (SSSR count). The number of carbonyl (C=O) groups excluding carboxylic acids is 1. The van der Waals surface area contributed by atoms with E-state index >= 15 is 0 Å². The second-order valence-electron chi connectivity index (χ2n) is 5.95. The van der Waals surface area contributed by atoms with E-state index in [-0.39, 0.29) is 11.9 Å². The maximum atomic E-state index is 12.2.